The molecule has 6 heteroatoms. The molecule has 3 rings (SSSR count). The maximum absolute atomic E-state index is 12.1. The maximum atomic E-state index is 12.1. The minimum absolute atomic E-state index is 0.161. The molecular formula is C20H25N3O3. The van der Waals surface area contributed by atoms with Crippen LogP contribution in [0, 0.1) is 13.8 Å². The summed E-state index contributed by atoms with van der Waals surface area (Å²) in [6.07, 6.45) is 6.38. The maximum Gasteiger partial charge on any atom is 0.310 e. The number of benzene rings is 1. The third kappa shape index (κ3) is 4.50. The van der Waals surface area contributed by atoms with E-state index in [0.717, 1.165) is 24.0 Å². The van der Waals surface area contributed by atoms with Crippen LogP contribution in [0.25, 0.3) is 0 Å². The van der Waals surface area contributed by atoms with Gasteiger partial charge in [0.15, 0.2) is 6.61 Å². The first-order chi connectivity index (χ1) is 12.5. The SMILES string of the molecule is Cc1ccc(CC(=O)OCC(=O)Nc2ccnn2C2CCCC2)cc1C. The molecule has 0 aliphatic heterocycles. The predicted molar refractivity (Wildman–Crippen MR) is 98.9 cm³/mol. The van der Waals surface area contributed by atoms with Crippen molar-refractivity contribution in [3.8, 4) is 0 Å². The molecule has 1 amide bonds. The van der Waals surface area contributed by atoms with E-state index in [1.807, 2.05) is 36.7 Å². The molecule has 26 heavy (non-hydrogen) atoms. The van der Waals surface area contributed by atoms with Gasteiger partial charge in [-0.25, -0.2) is 4.68 Å². The molecule has 2 aromatic rings. The van der Waals surface area contributed by atoms with Crippen molar-refractivity contribution in [1.82, 2.24) is 9.78 Å². The van der Waals surface area contributed by atoms with Crippen LogP contribution in [-0.4, -0.2) is 28.3 Å². The zero-order chi connectivity index (χ0) is 18.5. The summed E-state index contributed by atoms with van der Waals surface area (Å²) in [6.45, 7) is 3.74. The molecule has 1 heterocycles. The summed E-state index contributed by atoms with van der Waals surface area (Å²) in [5.74, 6) is -0.0991. The van der Waals surface area contributed by atoms with Crippen molar-refractivity contribution in [2.75, 3.05) is 11.9 Å². The summed E-state index contributed by atoms with van der Waals surface area (Å²) in [4.78, 5) is 24.1. The Labute approximate surface area is 153 Å². The summed E-state index contributed by atoms with van der Waals surface area (Å²) in [6, 6.07) is 7.97. The number of aryl methyl sites for hydroxylation is 2. The quantitative estimate of drug-likeness (QED) is 0.807. The smallest absolute Gasteiger partial charge is 0.310 e. The summed E-state index contributed by atoms with van der Waals surface area (Å²) < 4.78 is 6.97. The third-order valence-electron chi connectivity index (χ3n) is 4.89. The molecule has 138 valence electrons. The van der Waals surface area contributed by atoms with Crippen LogP contribution in [0.4, 0.5) is 5.82 Å². The minimum atomic E-state index is -0.410. The van der Waals surface area contributed by atoms with E-state index in [-0.39, 0.29) is 18.9 Å². The first-order valence-electron chi connectivity index (χ1n) is 9.08. The lowest BCUT2D eigenvalue weighted by Gasteiger charge is -2.14. The Morgan fingerprint density at radius 3 is 2.69 bits per heavy atom. The fourth-order valence-corrected chi connectivity index (χ4v) is 3.31. The number of aromatic nitrogens is 2. The van der Waals surface area contributed by atoms with Gasteiger partial charge in [0, 0.05) is 6.07 Å². The van der Waals surface area contributed by atoms with Gasteiger partial charge in [0.1, 0.15) is 5.82 Å². The van der Waals surface area contributed by atoms with Gasteiger partial charge >= 0.3 is 5.97 Å². The van der Waals surface area contributed by atoms with Gasteiger partial charge in [0.2, 0.25) is 0 Å². The van der Waals surface area contributed by atoms with Gasteiger partial charge in [0.05, 0.1) is 18.7 Å². The average Bonchev–Trinajstić information content (AvgIpc) is 3.27. The average molecular weight is 355 g/mol. The first kappa shape index (κ1) is 18.2. The molecule has 0 unspecified atom stereocenters. The van der Waals surface area contributed by atoms with Crippen molar-refractivity contribution in [2.45, 2.75) is 52.0 Å². The van der Waals surface area contributed by atoms with Crippen LogP contribution in [0.2, 0.25) is 0 Å². The van der Waals surface area contributed by atoms with Crippen LogP contribution in [0.5, 0.6) is 0 Å². The van der Waals surface area contributed by atoms with Gasteiger partial charge in [0.25, 0.3) is 5.91 Å². The first-order valence-corrected chi connectivity index (χ1v) is 9.08. The van der Waals surface area contributed by atoms with Crippen molar-refractivity contribution in [1.29, 1.82) is 0 Å². The molecule has 1 aliphatic rings. The largest absolute Gasteiger partial charge is 0.455 e. The molecule has 0 radical (unpaired) electrons. The van der Waals surface area contributed by atoms with E-state index in [0.29, 0.717) is 11.9 Å². The summed E-state index contributed by atoms with van der Waals surface area (Å²) in [5, 5.41) is 7.10. The van der Waals surface area contributed by atoms with Crippen molar-refractivity contribution >= 4 is 17.7 Å². The number of esters is 1. The van der Waals surface area contributed by atoms with E-state index in [2.05, 4.69) is 10.4 Å². The normalized spacial score (nSPS) is 14.4. The Kier molecular flexibility index (Phi) is 5.71. The molecule has 1 aliphatic carbocycles. The van der Waals surface area contributed by atoms with Crippen LogP contribution in [0.1, 0.15) is 48.4 Å². The minimum Gasteiger partial charge on any atom is -0.455 e. The number of hydrogen-bond acceptors (Lipinski definition) is 4. The number of anilines is 1. The molecule has 1 N–H and O–H groups in total. The number of carbonyl (C=O) groups excluding carboxylic acids is 2. The topological polar surface area (TPSA) is 73.2 Å². The number of hydrogen-bond donors (Lipinski definition) is 1. The van der Waals surface area contributed by atoms with Crippen LogP contribution in [-0.2, 0) is 20.7 Å². The highest BCUT2D eigenvalue weighted by atomic mass is 16.5. The van der Waals surface area contributed by atoms with Crippen LogP contribution in [0.3, 0.4) is 0 Å². The molecule has 0 atom stereocenters. The van der Waals surface area contributed by atoms with Gasteiger partial charge in [-0.1, -0.05) is 31.0 Å². The van der Waals surface area contributed by atoms with Gasteiger partial charge in [-0.2, -0.15) is 5.10 Å². The van der Waals surface area contributed by atoms with Gasteiger partial charge in [-0.15, -0.1) is 0 Å². The fraction of sp³-hybridized carbons (Fsp3) is 0.450. The van der Waals surface area contributed by atoms with Crippen LogP contribution >= 0.6 is 0 Å². The van der Waals surface area contributed by atoms with E-state index in [4.69, 9.17) is 4.74 Å². The Balaban J connectivity index is 1.49. The van der Waals surface area contributed by atoms with E-state index >= 15 is 0 Å². The zero-order valence-electron chi connectivity index (χ0n) is 15.3. The van der Waals surface area contributed by atoms with Crippen molar-refractivity contribution < 1.29 is 14.3 Å². The highest BCUT2D eigenvalue weighted by Crippen LogP contribution is 2.31. The summed E-state index contributed by atoms with van der Waals surface area (Å²) in [5.41, 5.74) is 3.20. The number of carbonyl (C=O) groups is 2. The lowest BCUT2D eigenvalue weighted by molar-refractivity contribution is -0.146. The van der Waals surface area contributed by atoms with Gasteiger partial charge in [-0.05, 0) is 43.4 Å². The highest BCUT2D eigenvalue weighted by Gasteiger charge is 2.20. The van der Waals surface area contributed by atoms with Gasteiger partial charge < -0.3 is 10.1 Å². The number of rotatable bonds is 6. The second kappa shape index (κ2) is 8.17. The highest BCUT2D eigenvalue weighted by molar-refractivity contribution is 5.92. The standard InChI is InChI=1S/C20H25N3O3/c1-14-7-8-16(11-15(14)2)12-20(25)26-13-19(24)22-18-9-10-21-23(18)17-5-3-4-6-17/h7-11,17H,3-6,12-13H2,1-2H3,(H,22,24). The second-order valence-corrected chi connectivity index (χ2v) is 6.90. The lowest BCUT2D eigenvalue weighted by atomic mass is 10.0. The Morgan fingerprint density at radius 1 is 1.19 bits per heavy atom. The number of amides is 1. The van der Waals surface area contributed by atoms with Crippen LogP contribution in [0.15, 0.2) is 30.5 Å². The number of ether oxygens (including phenoxy) is 1. The van der Waals surface area contributed by atoms with E-state index in [9.17, 15) is 9.59 Å². The molecule has 6 nitrogen and oxygen atoms in total. The molecule has 0 saturated heterocycles. The Hall–Kier alpha value is -2.63. The van der Waals surface area contributed by atoms with Crippen LogP contribution < -0.4 is 5.32 Å². The molecule has 0 bridgehead atoms. The molecule has 1 saturated carbocycles. The summed E-state index contributed by atoms with van der Waals surface area (Å²) in [7, 11) is 0. The molecule has 0 spiro atoms. The predicted octanol–water partition coefficient (Wildman–Crippen LogP) is 3.34. The Bertz CT molecular complexity index is 791. The van der Waals surface area contributed by atoms with Crippen molar-refractivity contribution in [3.63, 3.8) is 0 Å². The van der Waals surface area contributed by atoms with E-state index < -0.39 is 5.97 Å². The van der Waals surface area contributed by atoms with Gasteiger partial charge in [-0.3, -0.25) is 9.59 Å². The van der Waals surface area contributed by atoms with Crippen molar-refractivity contribution in [3.05, 3.63) is 47.2 Å². The molecule has 1 aromatic heterocycles. The number of nitrogens with one attached hydrogen (secondary N) is 1. The molecule has 1 fully saturated rings. The fourth-order valence-electron chi connectivity index (χ4n) is 3.31. The number of nitrogens with zero attached hydrogens (tertiary/aromatic N) is 2. The summed E-state index contributed by atoms with van der Waals surface area (Å²) >= 11 is 0. The zero-order valence-corrected chi connectivity index (χ0v) is 15.3. The molecular weight excluding hydrogens is 330 g/mol. The molecule has 1 aromatic carbocycles. The third-order valence-corrected chi connectivity index (χ3v) is 4.89. The van der Waals surface area contributed by atoms with E-state index in [1.165, 1.54) is 18.4 Å². The Morgan fingerprint density at radius 2 is 1.96 bits per heavy atom. The second-order valence-electron chi connectivity index (χ2n) is 6.90. The lowest BCUT2D eigenvalue weighted by Crippen LogP contribution is -2.23. The van der Waals surface area contributed by atoms with Crippen molar-refractivity contribution in [2.24, 2.45) is 0 Å². The van der Waals surface area contributed by atoms with E-state index in [1.54, 1.807) is 12.3 Å². The monoisotopic (exact) mass is 355 g/mol.